The third kappa shape index (κ3) is 4.33. The van der Waals surface area contributed by atoms with E-state index < -0.39 is 0 Å². The van der Waals surface area contributed by atoms with Gasteiger partial charge in [0.05, 0.1) is 0 Å². The molecule has 0 aromatic heterocycles. The van der Waals surface area contributed by atoms with Gasteiger partial charge in [0, 0.05) is 0 Å². The zero-order valence-corrected chi connectivity index (χ0v) is 4.49. The topological polar surface area (TPSA) is 17.1 Å². The summed E-state index contributed by atoms with van der Waals surface area (Å²) in [6.45, 7) is 1.55. The Morgan fingerprint density at radius 1 is 2.00 bits per heavy atom. The van der Waals surface area contributed by atoms with E-state index in [0.717, 1.165) is 0 Å². The van der Waals surface area contributed by atoms with Crippen LogP contribution in [0.15, 0.2) is 0 Å². The van der Waals surface area contributed by atoms with Crippen molar-refractivity contribution in [1.82, 2.24) is 0 Å². The van der Waals surface area contributed by atoms with Crippen LogP contribution in [0.1, 0.15) is 6.92 Å². The van der Waals surface area contributed by atoms with E-state index in [-0.39, 0.29) is 5.78 Å². The van der Waals surface area contributed by atoms with Crippen molar-refractivity contribution in [3.05, 3.63) is 0 Å². The molecule has 0 N–H and O–H groups in total. The van der Waals surface area contributed by atoms with Crippen LogP contribution in [-0.2, 0) is 24.0 Å². The fourth-order valence-corrected chi connectivity index (χ4v) is 0. The number of hydrogen-bond acceptors (Lipinski definition) is 1. The first-order valence-electron chi connectivity index (χ1n) is 1.28. The molecule has 0 radical (unpaired) electrons. The summed E-state index contributed by atoms with van der Waals surface area (Å²) in [5.74, 6) is 0.188. The maximum atomic E-state index is 9.78. The zero-order chi connectivity index (χ0) is 4.28. The van der Waals surface area contributed by atoms with Crippen LogP contribution >= 0.6 is 0 Å². The Morgan fingerprint density at radius 3 is 2.20 bits per heavy atom. The summed E-state index contributed by atoms with van der Waals surface area (Å²) in [4.78, 5) is 10.3. The van der Waals surface area contributed by atoms with E-state index in [1.54, 1.807) is 6.92 Å². The van der Waals surface area contributed by atoms with E-state index in [9.17, 15) is 4.79 Å². The van der Waals surface area contributed by atoms with E-state index in [4.69, 9.17) is 0 Å². The molecule has 0 aromatic carbocycles. The maximum absolute atomic E-state index is 9.78. The number of ketones is 1. The summed E-state index contributed by atoms with van der Waals surface area (Å²) in [5.41, 5.74) is 0. The second kappa shape index (κ2) is 2.56. The van der Waals surface area contributed by atoms with Crippen molar-refractivity contribution >= 4 is 5.78 Å². The summed E-state index contributed by atoms with van der Waals surface area (Å²) in [5, 5.41) is 0. The second-order valence-corrected chi connectivity index (χ2v) is 1.36. The van der Waals surface area contributed by atoms with Gasteiger partial charge >= 0.3 is 41.6 Å². The Kier molecular flexibility index (Phi) is 2.73. The molecule has 0 aliphatic heterocycles. The summed E-state index contributed by atoms with van der Waals surface area (Å²) in [6, 6.07) is 0. The normalized spacial score (nSPS) is 7.80. The van der Waals surface area contributed by atoms with E-state index >= 15 is 0 Å². The van der Waals surface area contributed by atoms with Crippen molar-refractivity contribution in [2.75, 3.05) is 0 Å². The molecular weight excluding hydrogens is 158 g/mol. The van der Waals surface area contributed by atoms with Crippen molar-refractivity contribution in [2.24, 2.45) is 0 Å². The van der Waals surface area contributed by atoms with Crippen molar-refractivity contribution < 1.29 is 24.0 Å². The van der Waals surface area contributed by atoms with Crippen LogP contribution < -0.4 is 0 Å². The molecule has 1 nitrogen and oxygen atoms in total. The molecule has 0 aliphatic rings. The van der Waals surface area contributed by atoms with Crippen LogP contribution in [-0.4, -0.2) is 5.78 Å². The molecule has 0 heterocycles. The predicted molar refractivity (Wildman–Crippen MR) is 15.5 cm³/mol. The average molecular weight is 163 g/mol. The molecule has 0 unspecified atom stereocenters. The van der Waals surface area contributed by atoms with Gasteiger partial charge in [-0.25, -0.2) is 0 Å². The van der Waals surface area contributed by atoms with Gasteiger partial charge in [-0.15, -0.1) is 0 Å². The van der Waals surface area contributed by atoms with E-state index in [1.807, 2.05) is 0 Å². The SMILES string of the molecule is CC(=O)[CH2][Pd]. The Hall–Kier alpha value is 0.332. The molecule has 2 heteroatoms. The molecule has 0 amide bonds. The fraction of sp³-hybridized carbons (Fsp3) is 0.667. The third-order valence-electron chi connectivity index (χ3n) is 0.157. The van der Waals surface area contributed by atoms with Gasteiger partial charge in [0.25, 0.3) is 0 Å². The third-order valence-corrected chi connectivity index (χ3v) is 0.931. The van der Waals surface area contributed by atoms with Crippen LogP contribution in [0.4, 0.5) is 0 Å². The fourth-order valence-electron chi connectivity index (χ4n) is 0. The number of Topliss-reactive ketones (excluding diaryl/α,β-unsaturated/α-hetero) is 1. The molecule has 5 heavy (non-hydrogen) atoms. The van der Waals surface area contributed by atoms with Crippen LogP contribution in [0.5, 0.6) is 0 Å². The van der Waals surface area contributed by atoms with Gasteiger partial charge in [0.15, 0.2) is 0 Å². The van der Waals surface area contributed by atoms with Crippen molar-refractivity contribution in [1.29, 1.82) is 0 Å². The molecule has 33 valence electrons. The van der Waals surface area contributed by atoms with Crippen LogP contribution in [0.2, 0.25) is 4.89 Å². The van der Waals surface area contributed by atoms with E-state index in [2.05, 4.69) is 19.2 Å². The molecule has 0 aliphatic carbocycles. The molecule has 0 spiro atoms. The molecule has 0 saturated carbocycles. The Morgan fingerprint density at radius 2 is 2.20 bits per heavy atom. The summed E-state index contributed by atoms with van der Waals surface area (Å²) in [6.07, 6.45) is 0. The predicted octanol–water partition coefficient (Wildman–Crippen LogP) is 0.540. The molecule has 0 aromatic rings. The summed E-state index contributed by atoms with van der Waals surface area (Å²) in [7, 11) is 0. The van der Waals surface area contributed by atoms with Crippen molar-refractivity contribution in [2.45, 2.75) is 11.8 Å². The van der Waals surface area contributed by atoms with Crippen LogP contribution in [0, 0.1) is 0 Å². The summed E-state index contributed by atoms with van der Waals surface area (Å²) >= 11 is 2.74. The molecule has 0 atom stereocenters. The summed E-state index contributed by atoms with van der Waals surface area (Å²) < 4.78 is 0. The Bertz CT molecular complexity index is 42.2. The molecule has 0 saturated heterocycles. The average Bonchev–Trinajstić information content (AvgIpc) is 1.38. The van der Waals surface area contributed by atoms with E-state index in [0.29, 0.717) is 4.89 Å². The Labute approximate surface area is 42.2 Å². The first-order chi connectivity index (χ1) is 2.27. The van der Waals surface area contributed by atoms with E-state index in [1.165, 1.54) is 0 Å². The minimum atomic E-state index is 0.188. The standard InChI is InChI=1S/C3H5O.Pd/c1-3(2)4;/h1H2,2H3;. The molecule has 0 fully saturated rings. The first kappa shape index (κ1) is 5.33. The zero-order valence-electron chi connectivity index (χ0n) is 2.93. The van der Waals surface area contributed by atoms with Gasteiger partial charge in [-0.1, -0.05) is 0 Å². The van der Waals surface area contributed by atoms with Crippen molar-refractivity contribution in [3.8, 4) is 0 Å². The molecule has 0 rings (SSSR count). The second-order valence-electron chi connectivity index (χ2n) is 0.814. The quantitative estimate of drug-likeness (QED) is 0.516. The number of rotatable bonds is 1. The van der Waals surface area contributed by atoms with Crippen molar-refractivity contribution in [3.63, 3.8) is 0 Å². The monoisotopic (exact) mass is 163 g/mol. The minimum absolute atomic E-state index is 0.188. The first-order valence-corrected chi connectivity index (χ1v) is 2.38. The van der Waals surface area contributed by atoms with Gasteiger partial charge in [-0.3, -0.25) is 0 Å². The van der Waals surface area contributed by atoms with Gasteiger partial charge in [-0.05, 0) is 0 Å². The van der Waals surface area contributed by atoms with Gasteiger partial charge in [-0.2, -0.15) is 0 Å². The van der Waals surface area contributed by atoms with Gasteiger partial charge in [0.2, 0.25) is 0 Å². The number of carbonyl (C=O) groups excluding carboxylic acids is 1. The Balaban J connectivity index is 2.85. The number of carbonyl (C=O) groups is 1. The molecular formula is C3H5OPd. The molecule has 0 bridgehead atoms. The van der Waals surface area contributed by atoms with Crippen LogP contribution in [0.3, 0.4) is 0 Å². The van der Waals surface area contributed by atoms with Gasteiger partial charge < -0.3 is 0 Å². The van der Waals surface area contributed by atoms with Gasteiger partial charge in [0.1, 0.15) is 0 Å². The van der Waals surface area contributed by atoms with Crippen LogP contribution in [0.25, 0.3) is 0 Å². The number of hydrogen-bond donors (Lipinski definition) is 0.